The SMILES string of the molecule is COC(=O)c1ccccc1/C=N\NC(=O)CNc1c(C)cc(C)cc1C. The standard InChI is InChI=1S/C20H23N3O3/c1-13-9-14(2)19(15(3)10-13)21-12-18(24)23-22-11-16-7-5-6-8-17(16)20(25)26-4/h5-11,21H,12H2,1-4H3,(H,23,24)/b22-11-. The third-order valence-corrected chi connectivity index (χ3v) is 3.86. The normalized spacial score (nSPS) is 10.6. The Morgan fingerprint density at radius 3 is 2.42 bits per heavy atom. The number of amides is 1. The van der Waals surface area contributed by atoms with E-state index in [1.54, 1.807) is 24.3 Å². The Balaban J connectivity index is 1.96. The van der Waals surface area contributed by atoms with Gasteiger partial charge < -0.3 is 10.1 Å². The molecule has 6 nitrogen and oxygen atoms in total. The first kappa shape index (κ1) is 19.2. The van der Waals surface area contributed by atoms with Gasteiger partial charge in [-0.3, -0.25) is 4.79 Å². The van der Waals surface area contributed by atoms with Gasteiger partial charge in [-0.1, -0.05) is 35.9 Å². The van der Waals surface area contributed by atoms with E-state index in [1.165, 1.54) is 18.9 Å². The average Bonchev–Trinajstić information content (AvgIpc) is 2.60. The zero-order valence-corrected chi connectivity index (χ0v) is 15.4. The van der Waals surface area contributed by atoms with Crippen molar-refractivity contribution in [3.05, 3.63) is 64.2 Å². The molecule has 0 aliphatic rings. The van der Waals surface area contributed by atoms with E-state index >= 15 is 0 Å². The monoisotopic (exact) mass is 353 g/mol. The molecule has 0 aromatic heterocycles. The molecule has 1 amide bonds. The van der Waals surface area contributed by atoms with Crippen molar-refractivity contribution in [3.63, 3.8) is 0 Å². The van der Waals surface area contributed by atoms with Crippen LogP contribution in [0, 0.1) is 20.8 Å². The number of anilines is 1. The van der Waals surface area contributed by atoms with Crippen LogP contribution >= 0.6 is 0 Å². The summed E-state index contributed by atoms with van der Waals surface area (Å²) in [5.74, 6) is -0.735. The van der Waals surface area contributed by atoms with Gasteiger partial charge in [0.25, 0.3) is 5.91 Å². The van der Waals surface area contributed by atoms with Gasteiger partial charge in [0.2, 0.25) is 0 Å². The zero-order valence-electron chi connectivity index (χ0n) is 15.4. The van der Waals surface area contributed by atoms with E-state index in [0.29, 0.717) is 11.1 Å². The summed E-state index contributed by atoms with van der Waals surface area (Å²) >= 11 is 0. The average molecular weight is 353 g/mol. The largest absolute Gasteiger partial charge is 0.465 e. The molecular weight excluding hydrogens is 330 g/mol. The minimum Gasteiger partial charge on any atom is -0.465 e. The van der Waals surface area contributed by atoms with Crippen LogP contribution in [-0.2, 0) is 9.53 Å². The summed E-state index contributed by atoms with van der Waals surface area (Å²) in [6.45, 7) is 6.14. The number of carbonyl (C=O) groups is 2. The molecule has 2 N–H and O–H groups in total. The second-order valence-electron chi connectivity index (χ2n) is 6.00. The molecule has 0 saturated heterocycles. The smallest absolute Gasteiger partial charge is 0.338 e. The Bertz CT molecular complexity index is 821. The van der Waals surface area contributed by atoms with Crippen molar-refractivity contribution in [2.75, 3.05) is 19.0 Å². The number of ether oxygens (including phenoxy) is 1. The lowest BCUT2D eigenvalue weighted by Gasteiger charge is -2.13. The fraction of sp³-hybridized carbons (Fsp3) is 0.250. The van der Waals surface area contributed by atoms with Crippen molar-refractivity contribution < 1.29 is 14.3 Å². The molecule has 0 aliphatic heterocycles. The summed E-state index contributed by atoms with van der Waals surface area (Å²) in [6.07, 6.45) is 1.42. The summed E-state index contributed by atoms with van der Waals surface area (Å²) in [6, 6.07) is 11.0. The highest BCUT2D eigenvalue weighted by molar-refractivity contribution is 5.99. The van der Waals surface area contributed by atoms with Crippen LogP contribution in [0.3, 0.4) is 0 Å². The molecule has 2 aromatic rings. The van der Waals surface area contributed by atoms with Gasteiger partial charge in [-0.15, -0.1) is 0 Å². The van der Waals surface area contributed by atoms with Gasteiger partial charge >= 0.3 is 5.97 Å². The van der Waals surface area contributed by atoms with Gasteiger partial charge in [0.15, 0.2) is 0 Å². The molecule has 0 heterocycles. The van der Waals surface area contributed by atoms with Crippen LogP contribution in [-0.4, -0.2) is 31.7 Å². The highest BCUT2D eigenvalue weighted by Gasteiger charge is 2.09. The van der Waals surface area contributed by atoms with E-state index < -0.39 is 5.97 Å². The lowest BCUT2D eigenvalue weighted by Crippen LogP contribution is -2.26. The van der Waals surface area contributed by atoms with Crippen molar-refractivity contribution in [1.82, 2.24) is 5.43 Å². The van der Waals surface area contributed by atoms with Crippen LogP contribution in [0.25, 0.3) is 0 Å². The minimum absolute atomic E-state index is 0.0979. The Hall–Kier alpha value is -3.15. The maximum absolute atomic E-state index is 12.0. The predicted octanol–water partition coefficient (Wildman–Crippen LogP) is 2.96. The first-order valence-corrected chi connectivity index (χ1v) is 8.23. The van der Waals surface area contributed by atoms with Crippen LogP contribution in [0.15, 0.2) is 41.5 Å². The van der Waals surface area contributed by atoms with Gasteiger partial charge in [0.1, 0.15) is 0 Å². The molecule has 0 fully saturated rings. The van der Waals surface area contributed by atoms with Gasteiger partial charge in [-0.25, -0.2) is 10.2 Å². The fourth-order valence-corrected chi connectivity index (χ4v) is 2.75. The summed E-state index contributed by atoms with van der Waals surface area (Å²) in [5.41, 5.74) is 7.72. The predicted molar refractivity (Wildman–Crippen MR) is 103 cm³/mol. The summed E-state index contributed by atoms with van der Waals surface area (Å²) in [4.78, 5) is 23.7. The topological polar surface area (TPSA) is 79.8 Å². The van der Waals surface area contributed by atoms with Gasteiger partial charge in [0.05, 0.1) is 25.4 Å². The Morgan fingerprint density at radius 2 is 1.77 bits per heavy atom. The first-order chi connectivity index (χ1) is 12.4. The molecule has 136 valence electrons. The summed E-state index contributed by atoms with van der Waals surface area (Å²) in [7, 11) is 1.32. The highest BCUT2D eigenvalue weighted by Crippen LogP contribution is 2.21. The molecule has 0 saturated carbocycles. The third kappa shape index (κ3) is 4.92. The first-order valence-electron chi connectivity index (χ1n) is 8.23. The van der Waals surface area contributed by atoms with Crippen LogP contribution in [0.1, 0.15) is 32.6 Å². The number of esters is 1. The number of nitrogens with one attached hydrogen (secondary N) is 2. The summed E-state index contributed by atoms with van der Waals surface area (Å²) in [5, 5.41) is 7.05. The molecule has 0 aliphatic carbocycles. The third-order valence-electron chi connectivity index (χ3n) is 3.86. The quantitative estimate of drug-likeness (QED) is 0.475. The van der Waals surface area contributed by atoms with Gasteiger partial charge in [-0.05, 0) is 38.0 Å². The van der Waals surface area contributed by atoms with E-state index in [9.17, 15) is 9.59 Å². The molecule has 0 radical (unpaired) electrons. The van der Waals surface area contributed by atoms with Gasteiger partial charge in [-0.2, -0.15) is 5.10 Å². The number of carbonyl (C=O) groups excluding carboxylic acids is 2. The van der Waals surface area contributed by atoms with Crippen LogP contribution in [0.2, 0.25) is 0 Å². The Labute approximate surface area is 153 Å². The lowest BCUT2D eigenvalue weighted by molar-refractivity contribution is -0.119. The molecule has 2 aromatic carbocycles. The molecule has 0 atom stereocenters. The molecule has 0 spiro atoms. The number of hydrogen-bond donors (Lipinski definition) is 2. The van der Waals surface area contributed by atoms with Crippen LogP contribution in [0.5, 0.6) is 0 Å². The van der Waals surface area contributed by atoms with Crippen molar-refractivity contribution in [3.8, 4) is 0 Å². The van der Waals surface area contributed by atoms with Crippen molar-refractivity contribution >= 4 is 23.8 Å². The van der Waals surface area contributed by atoms with E-state index in [-0.39, 0.29) is 12.5 Å². The summed E-state index contributed by atoms with van der Waals surface area (Å²) < 4.78 is 4.72. The van der Waals surface area contributed by atoms with Crippen LogP contribution < -0.4 is 10.7 Å². The fourth-order valence-electron chi connectivity index (χ4n) is 2.75. The number of methoxy groups -OCH3 is 1. The van der Waals surface area contributed by atoms with E-state index in [2.05, 4.69) is 28.0 Å². The number of nitrogens with zero attached hydrogens (tertiary/aromatic N) is 1. The molecule has 2 rings (SSSR count). The molecular formula is C20H23N3O3. The number of aryl methyl sites for hydroxylation is 3. The van der Waals surface area contributed by atoms with E-state index in [1.807, 2.05) is 20.8 Å². The van der Waals surface area contributed by atoms with Crippen molar-refractivity contribution in [2.24, 2.45) is 5.10 Å². The number of rotatable bonds is 6. The number of hydrazone groups is 1. The maximum Gasteiger partial charge on any atom is 0.338 e. The molecule has 0 unspecified atom stereocenters. The molecule has 0 bridgehead atoms. The molecule has 26 heavy (non-hydrogen) atoms. The van der Waals surface area contributed by atoms with E-state index in [0.717, 1.165) is 16.8 Å². The highest BCUT2D eigenvalue weighted by atomic mass is 16.5. The lowest BCUT2D eigenvalue weighted by atomic mass is 10.1. The maximum atomic E-state index is 12.0. The van der Waals surface area contributed by atoms with Crippen molar-refractivity contribution in [2.45, 2.75) is 20.8 Å². The zero-order chi connectivity index (χ0) is 19.1. The second-order valence-corrected chi connectivity index (χ2v) is 6.00. The number of benzene rings is 2. The van der Waals surface area contributed by atoms with Gasteiger partial charge in [0, 0.05) is 11.3 Å². The van der Waals surface area contributed by atoms with Crippen molar-refractivity contribution in [1.29, 1.82) is 0 Å². The van der Waals surface area contributed by atoms with E-state index in [4.69, 9.17) is 4.74 Å². The van der Waals surface area contributed by atoms with Crippen LogP contribution in [0.4, 0.5) is 5.69 Å². The Morgan fingerprint density at radius 1 is 1.12 bits per heavy atom. The molecule has 6 heteroatoms. The second kappa shape index (κ2) is 8.80. The Kier molecular flexibility index (Phi) is 6.49. The minimum atomic E-state index is -0.453. The number of hydrogen-bond acceptors (Lipinski definition) is 5.